The molecule has 0 fully saturated rings. The summed E-state index contributed by atoms with van der Waals surface area (Å²) in [6.45, 7) is 0. The van der Waals surface area contributed by atoms with Crippen LogP contribution in [-0.4, -0.2) is 16.2 Å². The molecule has 0 aliphatic heterocycles. The van der Waals surface area contributed by atoms with Gasteiger partial charge in [-0.15, -0.1) is 0 Å². The van der Waals surface area contributed by atoms with E-state index in [1.807, 2.05) is 0 Å². The van der Waals surface area contributed by atoms with E-state index in [-0.39, 0.29) is 5.75 Å². The summed E-state index contributed by atoms with van der Waals surface area (Å²) in [5, 5.41) is 18.4. The monoisotopic (exact) mass is 266 g/mol. The highest BCUT2D eigenvalue weighted by molar-refractivity contribution is 6.33. The van der Waals surface area contributed by atoms with Crippen molar-refractivity contribution in [3.05, 3.63) is 52.8 Å². The first-order valence-electron chi connectivity index (χ1n) is 5.01. The molecule has 0 amide bonds. The van der Waals surface area contributed by atoms with Crippen LogP contribution >= 0.6 is 11.6 Å². The number of halogens is 2. The minimum atomic E-state index is -1.33. The summed E-state index contributed by atoms with van der Waals surface area (Å²) in [4.78, 5) is 10.7. The van der Waals surface area contributed by atoms with Crippen molar-refractivity contribution < 1.29 is 19.4 Å². The standard InChI is InChI=1S/C13H8ClFO3/c14-11-4-2-8(16)6-10(11)7-1-3-9(13(17)18)12(15)5-7/h1-6,16H,(H,17,18). The third-order valence-corrected chi connectivity index (χ3v) is 2.79. The van der Waals surface area contributed by atoms with E-state index in [4.69, 9.17) is 16.7 Å². The van der Waals surface area contributed by atoms with Crippen LogP contribution in [0.3, 0.4) is 0 Å². The lowest BCUT2D eigenvalue weighted by Crippen LogP contribution is -2.00. The Balaban J connectivity index is 2.55. The fraction of sp³-hybridized carbons (Fsp3) is 0. The number of hydrogen-bond acceptors (Lipinski definition) is 2. The molecule has 2 N–H and O–H groups in total. The number of carbonyl (C=O) groups is 1. The van der Waals surface area contributed by atoms with E-state index in [1.165, 1.54) is 24.3 Å². The maximum absolute atomic E-state index is 13.5. The number of phenols is 1. The van der Waals surface area contributed by atoms with Gasteiger partial charge in [0.1, 0.15) is 11.6 Å². The van der Waals surface area contributed by atoms with Gasteiger partial charge in [0.15, 0.2) is 0 Å². The molecule has 0 spiro atoms. The third kappa shape index (κ3) is 2.28. The van der Waals surface area contributed by atoms with E-state index in [0.717, 1.165) is 12.1 Å². The van der Waals surface area contributed by atoms with E-state index in [9.17, 15) is 14.3 Å². The van der Waals surface area contributed by atoms with E-state index >= 15 is 0 Å². The number of phenolic OH excluding ortho intramolecular Hbond substituents is 1. The number of hydrogen-bond donors (Lipinski definition) is 2. The number of aromatic carboxylic acids is 1. The van der Waals surface area contributed by atoms with Crippen molar-refractivity contribution in [1.82, 2.24) is 0 Å². The Morgan fingerprint density at radius 3 is 2.50 bits per heavy atom. The molecule has 0 atom stereocenters. The average molecular weight is 267 g/mol. The lowest BCUT2D eigenvalue weighted by atomic mass is 10.0. The van der Waals surface area contributed by atoms with E-state index in [0.29, 0.717) is 16.1 Å². The van der Waals surface area contributed by atoms with Crippen LogP contribution in [0.15, 0.2) is 36.4 Å². The fourth-order valence-corrected chi connectivity index (χ4v) is 1.82. The Labute approximate surface area is 107 Å². The molecule has 0 radical (unpaired) electrons. The van der Waals surface area contributed by atoms with Gasteiger partial charge in [-0.3, -0.25) is 0 Å². The van der Waals surface area contributed by atoms with Crippen molar-refractivity contribution in [3.63, 3.8) is 0 Å². The Bertz CT molecular complexity index is 626. The molecule has 0 saturated carbocycles. The molecule has 2 aromatic carbocycles. The summed E-state index contributed by atoms with van der Waals surface area (Å²) < 4.78 is 13.5. The molecule has 3 nitrogen and oxygen atoms in total. The first-order chi connectivity index (χ1) is 8.49. The Morgan fingerprint density at radius 2 is 1.89 bits per heavy atom. The first kappa shape index (κ1) is 12.4. The topological polar surface area (TPSA) is 57.5 Å². The summed E-state index contributed by atoms with van der Waals surface area (Å²) in [6, 6.07) is 7.95. The molecule has 0 aliphatic carbocycles. The summed E-state index contributed by atoms with van der Waals surface area (Å²) >= 11 is 5.94. The van der Waals surface area contributed by atoms with Crippen molar-refractivity contribution >= 4 is 17.6 Å². The Kier molecular flexibility index (Phi) is 3.21. The van der Waals surface area contributed by atoms with Crippen LogP contribution in [0.1, 0.15) is 10.4 Å². The van der Waals surface area contributed by atoms with Crippen LogP contribution in [0.2, 0.25) is 5.02 Å². The zero-order valence-electron chi connectivity index (χ0n) is 9.02. The highest BCUT2D eigenvalue weighted by Crippen LogP contribution is 2.31. The van der Waals surface area contributed by atoms with Gasteiger partial charge in [-0.25, -0.2) is 9.18 Å². The zero-order valence-corrected chi connectivity index (χ0v) is 9.78. The fourth-order valence-electron chi connectivity index (χ4n) is 1.59. The summed E-state index contributed by atoms with van der Waals surface area (Å²) in [6.07, 6.45) is 0. The second-order valence-electron chi connectivity index (χ2n) is 3.66. The number of aromatic hydroxyl groups is 1. The summed E-state index contributed by atoms with van der Waals surface area (Å²) in [5.74, 6) is -2.18. The van der Waals surface area contributed by atoms with Crippen LogP contribution in [0.5, 0.6) is 5.75 Å². The highest BCUT2D eigenvalue weighted by Gasteiger charge is 2.12. The van der Waals surface area contributed by atoms with Gasteiger partial charge >= 0.3 is 5.97 Å². The largest absolute Gasteiger partial charge is 0.508 e. The van der Waals surface area contributed by atoms with Gasteiger partial charge in [-0.1, -0.05) is 17.7 Å². The Hall–Kier alpha value is -2.07. The minimum absolute atomic E-state index is 0.00267. The van der Waals surface area contributed by atoms with Crippen LogP contribution in [-0.2, 0) is 0 Å². The Morgan fingerprint density at radius 1 is 1.17 bits per heavy atom. The molecular weight excluding hydrogens is 259 g/mol. The van der Waals surface area contributed by atoms with Crippen LogP contribution in [0.25, 0.3) is 11.1 Å². The van der Waals surface area contributed by atoms with Gasteiger partial charge < -0.3 is 10.2 Å². The summed E-state index contributed by atoms with van der Waals surface area (Å²) in [5.41, 5.74) is 0.431. The molecule has 0 bridgehead atoms. The molecular formula is C13H8ClFO3. The van der Waals surface area contributed by atoms with Crippen LogP contribution in [0, 0.1) is 5.82 Å². The molecule has 92 valence electrons. The zero-order chi connectivity index (χ0) is 13.3. The predicted molar refractivity (Wildman–Crippen MR) is 65.5 cm³/mol. The van der Waals surface area contributed by atoms with E-state index in [1.54, 1.807) is 0 Å². The SMILES string of the molecule is O=C(O)c1ccc(-c2cc(O)ccc2Cl)cc1F. The lowest BCUT2D eigenvalue weighted by Gasteiger charge is -2.06. The van der Waals surface area contributed by atoms with Crippen molar-refractivity contribution in [2.45, 2.75) is 0 Å². The van der Waals surface area contributed by atoms with E-state index in [2.05, 4.69) is 0 Å². The second kappa shape index (κ2) is 4.66. The van der Waals surface area contributed by atoms with Gasteiger partial charge in [0.25, 0.3) is 0 Å². The molecule has 5 heteroatoms. The molecule has 0 aliphatic rings. The number of benzene rings is 2. The molecule has 0 saturated heterocycles. The van der Waals surface area contributed by atoms with Gasteiger partial charge in [0.2, 0.25) is 0 Å². The number of carboxylic acids is 1. The molecule has 0 aromatic heterocycles. The van der Waals surface area contributed by atoms with Crippen molar-refractivity contribution in [1.29, 1.82) is 0 Å². The number of carboxylic acid groups (broad SMARTS) is 1. The minimum Gasteiger partial charge on any atom is -0.508 e. The van der Waals surface area contributed by atoms with Crippen molar-refractivity contribution in [3.8, 4) is 16.9 Å². The second-order valence-corrected chi connectivity index (χ2v) is 4.07. The molecule has 2 rings (SSSR count). The molecule has 2 aromatic rings. The maximum atomic E-state index is 13.5. The first-order valence-corrected chi connectivity index (χ1v) is 5.38. The quantitative estimate of drug-likeness (QED) is 0.874. The average Bonchev–Trinajstić information content (AvgIpc) is 2.31. The van der Waals surface area contributed by atoms with Crippen molar-refractivity contribution in [2.75, 3.05) is 0 Å². The maximum Gasteiger partial charge on any atom is 0.338 e. The molecule has 18 heavy (non-hydrogen) atoms. The van der Waals surface area contributed by atoms with Crippen molar-refractivity contribution in [2.24, 2.45) is 0 Å². The number of rotatable bonds is 2. The third-order valence-electron chi connectivity index (χ3n) is 2.46. The van der Waals surface area contributed by atoms with Gasteiger partial charge in [-0.05, 0) is 35.9 Å². The summed E-state index contributed by atoms with van der Waals surface area (Å²) in [7, 11) is 0. The predicted octanol–water partition coefficient (Wildman–Crippen LogP) is 3.55. The molecule has 0 unspecified atom stereocenters. The highest BCUT2D eigenvalue weighted by atomic mass is 35.5. The van der Waals surface area contributed by atoms with Crippen LogP contribution < -0.4 is 0 Å². The lowest BCUT2D eigenvalue weighted by molar-refractivity contribution is 0.0692. The van der Waals surface area contributed by atoms with Gasteiger partial charge in [0, 0.05) is 10.6 Å². The molecule has 0 heterocycles. The van der Waals surface area contributed by atoms with Crippen LogP contribution in [0.4, 0.5) is 4.39 Å². The normalized spacial score (nSPS) is 10.3. The van der Waals surface area contributed by atoms with Gasteiger partial charge in [0.05, 0.1) is 5.56 Å². The smallest absolute Gasteiger partial charge is 0.338 e. The van der Waals surface area contributed by atoms with Gasteiger partial charge in [-0.2, -0.15) is 0 Å². The van der Waals surface area contributed by atoms with E-state index < -0.39 is 17.3 Å².